The lowest BCUT2D eigenvalue weighted by molar-refractivity contribution is 0.700. The van der Waals surface area contributed by atoms with E-state index in [1.54, 1.807) is 6.20 Å². The Bertz CT molecular complexity index is 348. The van der Waals surface area contributed by atoms with Gasteiger partial charge in [-0.1, -0.05) is 12.8 Å². The molecule has 0 bridgehead atoms. The number of aryl methyl sites for hydroxylation is 1. The predicted octanol–water partition coefficient (Wildman–Crippen LogP) is 0.871. The van der Waals surface area contributed by atoms with Gasteiger partial charge in [-0.2, -0.15) is 5.10 Å². The van der Waals surface area contributed by atoms with Crippen LogP contribution in [0.2, 0.25) is 0 Å². The second kappa shape index (κ2) is 4.44. The number of nitrogens with one attached hydrogen (secondary N) is 2. The van der Waals surface area contributed by atoms with Crippen molar-refractivity contribution in [1.29, 1.82) is 0 Å². The van der Waals surface area contributed by atoms with Crippen molar-refractivity contribution in [3.63, 3.8) is 0 Å². The van der Waals surface area contributed by atoms with Crippen molar-refractivity contribution in [1.82, 2.24) is 15.6 Å². The van der Waals surface area contributed by atoms with E-state index >= 15 is 0 Å². The van der Waals surface area contributed by atoms with Crippen LogP contribution in [0, 0.1) is 6.92 Å². The van der Waals surface area contributed by atoms with Gasteiger partial charge in [-0.05, 0) is 19.8 Å². The number of nitrogens with zero attached hydrogens (tertiary/aromatic N) is 2. The molecule has 1 fully saturated rings. The molecule has 1 aliphatic rings. The number of H-pyrrole nitrogens is 1. The molecule has 1 heterocycles. The third kappa shape index (κ3) is 2.18. The zero-order valence-electron chi connectivity index (χ0n) is 8.95. The van der Waals surface area contributed by atoms with E-state index in [-0.39, 0.29) is 0 Å². The summed E-state index contributed by atoms with van der Waals surface area (Å²) in [5, 5.41) is 6.85. The third-order valence-electron chi connectivity index (χ3n) is 2.86. The van der Waals surface area contributed by atoms with Gasteiger partial charge in [-0.15, -0.1) is 0 Å². The number of hydrogen-bond donors (Lipinski definition) is 3. The first-order valence-corrected chi connectivity index (χ1v) is 5.36. The maximum absolute atomic E-state index is 5.49. The molecule has 0 atom stereocenters. The maximum atomic E-state index is 5.49. The fourth-order valence-electron chi connectivity index (χ4n) is 1.99. The molecule has 1 aliphatic carbocycles. The second-order valence-corrected chi connectivity index (χ2v) is 3.97. The molecule has 0 amide bonds. The van der Waals surface area contributed by atoms with Crippen molar-refractivity contribution < 1.29 is 0 Å². The third-order valence-corrected chi connectivity index (χ3v) is 2.86. The van der Waals surface area contributed by atoms with Crippen molar-refractivity contribution in [3.05, 3.63) is 17.5 Å². The van der Waals surface area contributed by atoms with Gasteiger partial charge in [0.2, 0.25) is 0 Å². The van der Waals surface area contributed by atoms with Crippen LogP contribution in [0.3, 0.4) is 0 Å². The molecule has 4 N–H and O–H groups in total. The zero-order chi connectivity index (χ0) is 10.7. The Kier molecular flexibility index (Phi) is 3.01. The molecule has 0 saturated heterocycles. The molecule has 82 valence electrons. The molecule has 1 saturated carbocycles. The van der Waals surface area contributed by atoms with Crippen molar-refractivity contribution in [2.75, 3.05) is 0 Å². The minimum Gasteiger partial charge on any atom is -0.308 e. The predicted molar refractivity (Wildman–Crippen MR) is 59.4 cm³/mol. The smallest absolute Gasteiger partial charge is 0.146 e. The quantitative estimate of drug-likeness (QED) is 0.291. The number of hydrogen-bond acceptors (Lipinski definition) is 3. The molecule has 0 aromatic carbocycles. The fourth-order valence-corrected chi connectivity index (χ4v) is 1.99. The largest absolute Gasteiger partial charge is 0.308 e. The Labute approximate surface area is 89.1 Å². The van der Waals surface area contributed by atoms with Crippen LogP contribution < -0.4 is 11.3 Å². The van der Waals surface area contributed by atoms with Crippen LogP contribution in [0.1, 0.15) is 36.9 Å². The Morgan fingerprint density at radius 2 is 2.33 bits per heavy atom. The highest BCUT2D eigenvalue weighted by atomic mass is 15.3. The van der Waals surface area contributed by atoms with Crippen LogP contribution in [0.25, 0.3) is 0 Å². The van der Waals surface area contributed by atoms with Crippen molar-refractivity contribution in [2.45, 2.75) is 38.6 Å². The molecule has 15 heavy (non-hydrogen) atoms. The number of hydrazine groups is 1. The second-order valence-electron chi connectivity index (χ2n) is 3.97. The SMILES string of the molecule is Cc1[nH]ncc1C(=NC1CCCC1)NN. The highest BCUT2D eigenvalue weighted by molar-refractivity contribution is 5.99. The molecule has 1 aromatic heterocycles. The lowest BCUT2D eigenvalue weighted by atomic mass is 10.2. The average Bonchev–Trinajstić information content (AvgIpc) is 2.85. The van der Waals surface area contributed by atoms with Gasteiger partial charge in [0.15, 0.2) is 0 Å². The van der Waals surface area contributed by atoms with E-state index in [9.17, 15) is 0 Å². The molecule has 5 nitrogen and oxygen atoms in total. The van der Waals surface area contributed by atoms with E-state index in [0.29, 0.717) is 6.04 Å². The van der Waals surface area contributed by atoms with Gasteiger partial charge in [0.1, 0.15) is 5.84 Å². The first kappa shape index (κ1) is 10.2. The fraction of sp³-hybridized carbons (Fsp3) is 0.600. The lowest BCUT2D eigenvalue weighted by Gasteiger charge is -2.08. The van der Waals surface area contributed by atoms with E-state index in [0.717, 1.165) is 17.1 Å². The van der Waals surface area contributed by atoms with Crippen molar-refractivity contribution >= 4 is 5.84 Å². The summed E-state index contributed by atoms with van der Waals surface area (Å²) in [6.45, 7) is 1.96. The zero-order valence-corrected chi connectivity index (χ0v) is 8.95. The minimum atomic E-state index is 0.422. The van der Waals surface area contributed by atoms with Crippen LogP contribution in [0.5, 0.6) is 0 Å². The average molecular weight is 207 g/mol. The molecule has 2 rings (SSSR count). The van der Waals surface area contributed by atoms with E-state index in [1.165, 1.54) is 25.7 Å². The van der Waals surface area contributed by atoms with Crippen LogP contribution in [-0.4, -0.2) is 22.1 Å². The lowest BCUT2D eigenvalue weighted by Crippen LogP contribution is -2.32. The summed E-state index contributed by atoms with van der Waals surface area (Å²) in [6.07, 6.45) is 6.64. The molecule has 0 aliphatic heterocycles. The summed E-state index contributed by atoms with van der Waals surface area (Å²) in [5.74, 6) is 6.23. The van der Waals surface area contributed by atoms with E-state index < -0.39 is 0 Å². The number of aromatic nitrogens is 2. The number of rotatable bonds is 2. The van der Waals surface area contributed by atoms with Crippen molar-refractivity contribution in [3.8, 4) is 0 Å². The number of aromatic amines is 1. The first-order chi connectivity index (χ1) is 7.31. The minimum absolute atomic E-state index is 0.422. The Morgan fingerprint density at radius 3 is 2.87 bits per heavy atom. The highest BCUT2D eigenvalue weighted by Crippen LogP contribution is 2.21. The van der Waals surface area contributed by atoms with Gasteiger partial charge in [-0.25, -0.2) is 5.84 Å². The van der Waals surface area contributed by atoms with Crippen molar-refractivity contribution in [2.24, 2.45) is 10.8 Å². The summed E-state index contributed by atoms with van der Waals surface area (Å²) in [4.78, 5) is 4.62. The molecular formula is C10H17N5. The molecule has 0 radical (unpaired) electrons. The molecule has 5 heteroatoms. The van der Waals surface area contributed by atoms with Gasteiger partial charge in [0.25, 0.3) is 0 Å². The maximum Gasteiger partial charge on any atom is 0.146 e. The summed E-state index contributed by atoms with van der Waals surface area (Å²) in [6, 6.07) is 0.422. The Hall–Kier alpha value is -1.36. The highest BCUT2D eigenvalue weighted by Gasteiger charge is 2.16. The van der Waals surface area contributed by atoms with Crippen LogP contribution in [0.4, 0.5) is 0 Å². The van der Waals surface area contributed by atoms with Crippen LogP contribution in [-0.2, 0) is 0 Å². The summed E-state index contributed by atoms with van der Waals surface area (Å²) >= 11 is 0. The number of aliphatic imine (C=N–C) groups is 1. The number of nitrogens with two attached hydrogens (primary N) is 1. The molecule has 0 unspecified atom stereocenters. The van der Waals surface area contributed by atoms with E-state index in [2.05, 4.69) is 20.6 Å². The van der Waals surface area contributed by atoms with Gasteiger partial charge in [0, 0.05) is 5.69 Å². The monoisotopic (exact) mass is 207 g/mol. The summed E-state index contributed by atoms with van der Waals surface area (Å²) in [7, 11) is 0. The number of amidine groups is 1. The Balaban J connectivity index is 2.19. The normalized spacial score (nSPS) is 18.4. The molecule has 0 spiro atoms. The summed E-state index contributed by atoms with van der Waals surface area (Å²) in [5.41, 5.74) is 4.62. The molecule has 1 aromatic rings. The Morgan fingerprint density at radius 1 is 1.60 bits per heavy atom. The van der Waals surface area contributed by atoms with Crippen LogP contribution in [0.15, 0.2) is 11.2 Å². The molecular weight excluding hydrogens is 190 g/mol. The standard InChI is InChI=1S/C10H17N5/c1-7-9(6-12-15-7)10(14-11)13-8-4-2-3-5-8/h6,8H,2-5,11H2,1H3,(H,12,15)(H,13,14). The van der Waals surface area contributed by atoms with Gasteiger partial charge in [0.05, 0.1) is 17.8 Å². The first-order valence-electron chi connectivity index (χ1n) is 5.36. The van der Waals surface area contributed by atoms with E-state index in [4.69, 9.17) is 5.84 Å². The van der Waals surface area contributed by atoms with Gasteiger partial charge >= 0.3 is 0 Å². The van der Waals surface area contributed by atoms with Gasteiger partial charge < -0.3 is 5.43 Å². The van der Waals surface area contributed by atoms with Crippen LogP contribution >= 0.6 is 0 Å². The topological polar surface area (TPSA) is 79.1 Å². The summed E-state index contributed by atoms with van der Waals surface area (Å²) < 4.78 is 0. The van der Waals surface area contributed by atoms with E-state index in [1.807, 2.05) is 6.92 Å². The van der Waals surface area contributed by atoms with Gasteiger partial charge in [-0.3, -0.25) is 10.1 Å².